The van der Waals surface area contributed by atoms with Crippen molar-refractivity contribution >= 4 is 11.8 Å². The van der Waals surface area contributed by atoms with Crippen LogP contribution in [0.5, 0.6) is 5.75 Å². The van der Waals surface area contributed by atoms with Crippen LogP contribution in [-0.4, -0.2) is 38.2 Å². The highest BCUT2D eigenvalue weighted by Gasteiger charge is 2.10. The first-order valence-electron chi connectivity index (χ1n) is 14.3. The number of carbonyl (C=O) groups is 2. The minimum atomic E-state index is -0.331. The van der Waals surface area contributed by atoms with Crippen LogP contribution in [0.3, 0.4) is 0 Å². The first kappa shape index (κ1) is 30.0. The lowest BCUT2D eigenvalue weighted by atomic mass is 9.96. The van der Waals surface area contributed by atoms with Gasteiger partial charge in [0.25, 0.3) is 0 Å². The van der Waals surface area contributed by atoms with Gasteiger partial charge >= 0.3 is 5.97 Å². The summed E-state index contributed by atoms with van der Waals surface area (Å²) in [4.78, 5) is 23.8. The Morgan fingerprint density at radius 3 is 1.36 bits per heavy atom. The molecule has 5 rings (SSSR count). The van der Waals surface area contributed by atoms with Crippen LogP contribution in [0, 0.1) is 11.3 Å². The molecule has 0 heterocycles. The molecule has 0 aromatic heterocycles. The molecule has 0 bridgehead atoms. The number of esters is 1. The van der Waals surface area contributed by atoms with Crippen molar-refractivity contribution in [2.75, 3.05) is 26.4 Å². The first-order valence-corrected chi connectivity index (χ1v) is 14.3. The van der Waals surface area contributed by atoms with Crippen LogP contribution in [0.25, 0.3) is 33.4 Å². The zero-order chi connectivity index (χ0) is 30.7. The van der Waals surface area contributed by atoms with Crippen LogP contribution in [0.4, 0.5) is 0 Å². The van der Waals surface area contributed by atoms with E-state index in [-0.39, 0.29) is 18.4 Å². The van der Waals surface area contributed by atoms with Crippen molar-refractivity contribution in [3.63, 3.8) is 0 Å². The van der Waals surface area contributed by atoms with Gasteiger partial charge < -0.3 is 14.2 Å². The smallest absolute Gasteiger partial charge is 0.302 e. The molecule has 44 heavy (non-hydrogen) atoms. The number of hydrogen-bond donors (Lipinski definition) is 0. The summed E-state index contributed by atoms with van der Waals surface area (Å²) in [6.07, 6.45) is 0. The van der Waals surface area contributed by atoms with Crippen LogP contribution in [0.15, 0.2) is 121 Å². The molecule has 0 aliphatic carbocycles. The number of carbonyl (C=O) groups excluding carboxylic acids is 2. The van der Waals surface area contributed by atoms with Gasteiger partial charge in [-0.1, -0.05) is 84.9 Å². The highest BCUT2D eigenvalue weighted by molar-refractivity contribution is 6.09. The average Bonchev–Trinajstić information content (AvgIpc) is 3.08. The standard InChI is InChI=1S/C38H31NO5/c1-27(40)43-24-22-42-23-25-44-37-20-18-36(19-21-37)38(41)35-16-14-34(15-17-35)33-12-10-32(11-13-33)31-8-6-30(7-9-31)29-4-2-28(26-39)3-5-29/h2-21H,22-25H2,1H3. The summed E-state index contributed by atoms with van der Waals surface area (Å²) in [5.41, 5.74) is 8.36. The van der Waals surface area contributed by atoms with E-state index in [0.717, 1.165) is 33.4 Å². The Hall–Kier alpha value is -5.51. The molecule has 0 spiro atoms. The second kappa shape index (κ2) is 14.6. The van der Waals surface area contributed by atoms with E-state index in [1.807, 2.05) is 48.5 Å². The van der Waals surface area contributed by atoms with Gasteiger partial charge in [0, 0.05) is 18.1 Å². The molecule has 0 fully saturated rings. The number of ketones is 1. The lowest BCUT2D eigenvalue weighted by molar-refractivity contribution is -0.142. The number of rotatable bonds is 12. The summed E-state index contributed by atoms with van der Waals surface area (Å²) in [5.74, 6) is 0.255. The summed E-state index contributed by atoms with van der Waals surface area (Å²) < 4.78 is 15.8. The fourth-order valence-corrected chi connectivity index (χ4v) is 4.70. The maximum Gasteiger partial charge on any atom is 0.302 e. The van der Waals surface area contributed by atoms with Crippen LogP contribution in [0.2, 0.25) is 0 Å². The summed E-state index contributed by atoms with van der Waals surface area (Å²) in [6, 6.07) is 41.2. The van der Waals surface area contributed by atoms with Crippen molar-refractivity contribution in [2.24, 2.45) is 0 Å². The van der Waals surface area contributed by atoms with Crippen molar-refractivity contribution in [3.8, 4) is 45.2 Å². The molecule has 0 atom stereocenters. The zero-order valence-electron chi connectivity index (χ0n) is 24.4. The Morgan fingerprint density at radius 2 is 0.932 bits per heavy atom. The van der Waals surface area contributed by atoms with E-state index < -0.39 is 0 Å². The number of benzene rings is 5. The van der Waals surface area contributed by atoms with Gasteiger partial charge in [0.2, 0.25) is 0 Å². The number of ether oxygens (including phenoxy) is 3. The fraction of sp³-hybridized carbons (Fsp3) is 0.132. The molecule has 5 aromatic carbocycles. The highest BCUT2D eigenvalue weighted by Crippen LogP contribution is 2.28. The van der Waals surface area contributed by atoms with E-state index in [2.05, 4.69) is 54.6 Å². The van der Waals surface area contributed by atoms with Gasteiger partial charge in [-0.05, 0) is 69.8 Å². The molecular weight excluding hydrogens is 550 g/mol. The summed E-state index contributed by atoms with van der Waals surface area (Å²) in [7, 11) is 0. The molecular formula is C38H31NO5. The number of nitrogens with zero attached hydrogens (tertiary/aromatic N) is 1. The highest BCUT2D eigenvalue weighted by atomic mass is 16.6. The second-order valence-corrected chi connectivity index (χ2v) is 10.1. The number of nitriles is 1. The maximum absolute atomic E-state index is 13.0. The van der Waals surface area contributed by atoms with E-state index >= 15 is 0 Å². The molecule has 0 radical (unpaired) electrons. The Morgan fingerprint density at radius 1 is 0.545 bits per heavy atom. The van der Waals surface area contributed by atoms with Crippen molar-refractivity contribution in [1.29, 1.82) is 5.26 Å². The molecule has 218 valence electrons. The van der Waals surface area contributed by atoms with Crippen LogP contribution >= 0.6 is 0 Å². The Kier molecular flexibility index (Phi) is 9.94. The lowest BCUT2D eigenvalue weighted by Gasteiger charge is -2.09. The topological polar surface area (TPSA) is 85.6 Å². The maximum atomic E-state index is 13.0. The van der Waals surface area contributed by atoms with E-state index in [0.29, 0.717) is 42.3 Å². The molecule has 6 heteroatoms. The predicted octanol–water partition coefficient (Wildman–Crippen LogP) is 7.75. The molecule has 0 N–H and O–H groups in total. The number of hydrogen-bond acceptors (Lipinski definition) is 6. The van der Waals surface area contributed by atoms with Gasteiger partial charge in [0.15, 0.2) is 5.78 Å². The van der Waals surface area contributed by atoms with E-state index in [4.69, 9.17) is 19.5 Å². The Balaban J connectivity index is 1.14. The van der Waals surface area contributed by atoms with Crippen LogP contribution < -0.4 is 4.74 Å². The molecule has 0 saturated heterocycles. The third-order valence-corrected chi connectivity index (χ3v) is 7.08. The third-order valence-electron chi connectivity index (χ3n) is 7.08. The van der Waals surface area contributed by atoms with E-state index in [1.54, 1.807) is 24.3 Å². The Labute approximate surface area is 257 Å². The van der Waals surface area contributed by atoms with Crippen molar-refractivity contribution < 1.29 is 23.8 Å². The van der Waals surface area contributed by atoms with Crippen molar-refractivity contribution in [3.05, 3.63) is 138 Å². The van der Waals surface area contributed by atoms with E-state index in [1.165, 1.54) is 6.92 Å². The van der Waals surface area contributed by atoms with Gasteiger partial charge in [0.1, 0.15) is 19.0 Å². The largest absolute Gasteiger partial charge is 0.491 e. The van der Waals surface area contributed by atoms with Gasteiger partial charge in [-0.3, -0.25) is 9.59 Å². The fourth-order valence-electron chi connectivity index (χ4n) is 4.70. The SMILES string of the molecule is CC(=O)OCCOCCOc1ccc(C(=O)c2ccc(-c3ccc(-c4ccc(-c5ccc(C#N)cc5)cc4)cc3)cc2)cc1. The molecule has 5 aromatic rings. The molecule has 0 aliphatic heterocycles. The van der Waals surface area contributed by atoms with Crippen LogP contribution in [-0.2, 0) is 14.3 Å². The quantitative estimate of drug-likeness (QED) is 0.0851. The third kappa shape index (κ3) is 7.86. The average molecular weight is 582 g/mol. The van der Waals surface area contributed by atoms with Gasteiger partial charge in [-0.2, -0.15) is 5.26 Å². The van der Waals surface area contributed by atoms with Crippen molar-refractivity contribution in [2.45, 2.75) is 6.92 Å². The molecule has 0 aliphatic rings. The normalized spacial score (nSPS) is 10.5. The minimum absolute atomic E-state index is 0.0586. The first-order chi connectivity index (χ1) is 21.5. The van der Waals surface area contributed by atoms with E-state index in [9.17, 15) is 9.59 Å². The van der Waals surface area contributed by atoms with Gasteiger partial charge in [0.05, 0.1) is 24.8 Å². The Bertz CT molecular complexity index is 1730. The predicted molar refractivity (Wildman–Crippen MR) is 170 cm³/mol. The molecule has 0 saturated carbocycles. The molecule has 6 nitrogen and oxygen atoms in total. The van der Waals surface area contributed by atoms with Gasteiger partial charge in [-0.25, -0.2) is 0 Å². The summed E-state index contributed by atoms with van der Waals surface area (Å²) in [6.45, 7) is 2.61. The van der Waals surface area contributed by atoms with Gasteiger partial charge in [-0.15, -0.1) is 0 Å². The summed E-state index contributed by atoms with van der Waals surface area (Å²) in [5, 5.41) is 9.01. The zero-order valence-corrected chi connectivity index (χ0v) is 24.4. The molecule has 0 unspecified atom stereocenters. The monoisotopic (exact) mass is 581 g/mol. The summed E-state index contributed by atoms with van der Waals surface area (Å²) >= 11 is 0. The molecule has 0 amide bonds. The minimum Gasteiger partial charge on any atom is -0.491 e. The lowest BCUT2D eigenvalue weighted by Crippen LogP contribution is -2.12. The second-order valence-electron chi connectivity index (χ2n) is 10.1. The van der Waals surface area contributed by atoms with Crippen LogP contribution in [0.1, 0.15) is 28.4 Å². The van der Waals surface area contributed by atoms with Crippen molar-refractivity contribution in [1.82, 2.24) is 0 Å².